The SMILES string of the molecule is CCC(CC)C(=O)/C=C(\O)C(CC)CC.Cc1ccc2c(n1)oc1c(-c3nccc4c(C)c(C)sc34)[c-]ccc12.[Ir]. The van der Waals surface area contributed by atoms with Crippen molar-refractivity contribution in [2.45, 2.75) is 74.1 Å². The van der Waals surface area contributed by atoms with Crippen LogP contribution in [0.25, 0.3) is 43.4 Å². The minimum absolute atomic E-state index is 0. The molecule has 1 aromatic carbocycles. The maximum atomic E-state index is 11.7. The van der Waals surface area contributed by atoms with E-state index in [1.165, 1.54) is 26.6 Å². The van der Waals surface area contributed by atoms with Crippen LogP contribution < -0.4 is 0 Å². The summed E-state index contributed by atoms with van der Waals surface area (Å²) in [5, 5.41) is 13.1. The summed E-state index contributed by atoms with van der Waals surface area (Å²) in [7, 11) is 0. The van der Waals surface area contributed by atoms with Gasteiger partial charge >= 0.3 is 0 Å². The molecule has 4 aromatic heterocycles. The van der Waals surface area contributed by atoms with Crippen LogP contribution in [0.5, 0.6) is 0 Å². The van der Waals surface area contributed by atoms with Crippen LogP contribution in [0, 0.1) is 38.7 Å². The summed E-state index contributed by atoms with van der Waals surface area (Å²) in [6, 6.07) is 13.5. The molecule has 41 heavy (non-hydrogen) atoms. The van der Waals surface area contributed by atoms with Crippen molar-refractivity contribution in [3.63, 3.8) is 0 Å². The van der Waals surface area contributed by atoms with Crippen LogP contribution in [0.1, 0.15) is 69.5 Å². The van der Waals surface area contributed by atoms with Gasteiger partial charge < -0.3 is 14.5 Å². The number of aryl methyl sites for hydroxylation is 3. The first-order valence-electron chi connectivity index (χ1n) is 14.2. The third kappa shape index (κ3) is 6.80. The Morgan fingerprint density at radius 1 is 0.976 bits per heavy atom. The molecule has 0 amide bonds. The summed E-state index contributed by atoms with van der Waals surface area (Å²) >= 11 is 1.78. The fourth-order valence-corrected chi connectivity index (χ4v) is 6.27. The number of carbonyl (C=O) groups is 1. The number of benzene rings is 1. The molecule has 0 unspecified atom stereocenters. The molecular formula is C34H39IrN2O3S-. The van der Waals surface area contributed by atoms with Gasteiger partial charge in [0.25, 0.3) is 0 Å². The number of allylic oxidation sites excluding steroid dienone is 2. The van der Waals surface area contributed by atoms with E-state index in [2.05, 4.69) is 42.0 Å². The van der Waals surface area contributed by atoms with Gasteiger partial charge in [0.1, 0.15) is 0 Å². The minimum atomic E-state index is 0. The number of rotatable bonds is 8. The standard InChI is InChI=1S/C21H15N2OS.C13H24O2.Ir/c1-11-7-8-16-15-5-4-6-17(19(15)24-21(16)23-11)18-20-14(9-10-22-18)12(2)13(3)25-20;1-5-10(6-2)12(14)9-13(15)11(7-3)8-4;/h4-5,7-10H,1-3H3;9-11,14H,5-8H2,1-4H3;/q-1;;/b;12-9-;. The maximum Gasteiger partial charge on any atom is 0.216 e. The van der Waals surface area contributed by atoms with E-state index in [1.54, 1.807) is 11.3 Å². The van der Waals surface area contributed by atoms with Crippen molar-refractivity contribution in [2.75, 3.05) is 0 Å². The Morgan fingerprint density at radius 3 is 2.32 bits per heavy atom. The average Bonchev–Trinajstić information content (AvgIpc) is 3.46. The van der Waals surface area contributed by atoms with Crippen molar-refractivity contribution in [2.24, 2.45) is 11.8 Å². The number of thiophene rings is 1. The van der Waals surface area contributed by atoms with Crippen LogP contribution >= 0.6 is 11.3 Å². The first-order chi connectivity index (χ1) is 19.2. The zero-order chi connectivity index (χ0) is 29.0. The number of fused-ring (bicyclic) bond motifs is 4. The van der Waals surface area contributed by atoms with E-state index >= 15 is 0 Å². The number of aliphatic hydroxyl groups is 1. The van der Waals surface area contributed by atoms with Crippen molar-refractivity contribution in [3.8, 4) is 11.3 Å². The van der Waals surface area contributed by atoms with Gasteiger partial charge in [-0.2, -0.15) is 0 Å². The van der Waals surface area contributed by atoms with Gasteiger partial charge in [-0.05, 0) is 75.6 Å². The van der Waals surface area contributed by atoms with Gasteiger partial charge in [-0.1, -0.05) is 38.6 Å². The number of nitrogens with zero attached hydrogens (tertiary/aromatic N) is 2. The van der Waals surface area contributed by atoms with Crippen LogP contribution in [0.15, 0.2) is 52.8 Å². The van der Waals surface area contributed by atoms with Crippen molar-refractivity contribution in [3.05, 3.63) is 70.6 Å². The van der Waals surface area contributed by atoms with Crippen molar-refractivity contribution >= 4 is 49.3 Å². The topological polar surface area (TPSA) is 76.2 Å². The van der Waals surface area contributed by atoms with E-state index < -0.39 is 0 Å². The number of carbonyl (C=O) groups excluding carboxylic acids is 1. The van der Waals surface area contributed by atoms with Gasteiger partial charge in [-0.3, -0.25) is 4.79 Å². The molecule has 1 radical (unpaired) electrons. The Balaban J connectivity index is 0.000000253. The zero-order valence-corrected chi connectivity index (χ0v) is 28.1. The van der Waals surface area contributed by atoms with E-state index in [4.69, 9.17) is 4.42 Å². The monoisotopic (exact) mass is 748 g/mol. The number of aliphatic hydroxyl groups excluding tert-OH is 1. The molecule has 0 bridgehead atoms. The van der Waals surface area contributed by atoms with Gasteiger partial charge in [0.2, 0.25) is 5.71 Å². The van der Waals surface area contributed by atoms with Gasteiger partial charge in [0, 0.05) is 70.6 Å². The van der Waals surface area contributed by atoms with E-state index in [0.717, 1.165) is 59.0 Å². The summed E-state index contributed by atoms with van der Waals surface area (Å²) in [5.41, 5.74) is 5.57. The molecule has 7 heteroatoms. The van der Waals surface area contributed by atoms with Gasteiger partial charge in [0.15, 0.2) is 5.78 Å². The van der Waals surface area contributed by atoms with E-state index in [1.807, 2.05) is 59.0 Å². The van der Waals surface area contributed by atoms with E-state index in [0.29, 0.717) is 5.71 Å². The second-order valence-electron chi connectivity index (χ2n) is 10.3. The van der Waals surface area contributed by atoms with Crippen LogP contribution in [0.3, 0.4) is 0 Å². The molecule has 219 valence electrons. The second kappa shape index (κ2) is 14.4. The summed E-state index contributed by atoms with van der Waals surface area (Å²) < 4.78 is 7.31. The minimum Gasteiger partial charge on any atom is -0.512 e. The average molecular weight is 748 g/mol. The number of furan rings is 1. The Kier molecular flexibility index (Phi) is 11.4. The fraction of sp³-hybridized carbons (Fsp3) is 0.382. The zero-order valence-electron chi connectivity index (χ0n) is 24.9. The maximum absolute atomic E-state index is 11.7. The second-order valence-corrected chi connectivity index (χ2v) is 11.5. The molecule has 0 saturated heterocycles. The number of hydrogen-bond donors (Lipinski definition) is 1. The number of hydrogen-bond acceptors (Lipinski definition) is 6. The Hall–Kier alpha value is -2.86. The summed E-state index contributed by atoms with van der Waals surface area (Å²) in [4.78, 5) is 22.2. The normalized spacial score (nSPS) is 11.8. The molecular weight excluding hydrogens is 709 g/mol. The largest absolute Gasteiger partial charge is 0.512 e. The van der Waals surface area contributed by atoms with E-state index in [9.17, 15) is 9.90 Å². The molecule has 5 aromatic rings. The summed E-state index contributed by atoms with van der Waals surface area (Å²) in [5.74, 6) is 0.547. The Morgan fingerprint density at radius 2 is 1.66 bits per heavy atom. The predicted octanol–water partition coefficient (Wildman–Crippen LogP) is 9.85. The molecule has 1 N–H and O–H groups in total. The van der Waals surface area contributed by atoms with Crippen LogP contribution in [-0.4, -0.2) is 20.9 Å². The summed E-state index contributed by atoms with van der Waals surface area (Å²) in [6.07, 6.45) is 6.78. The molecule has 5 nitrogen and oxygen atoms in total. The smallest absolute Gasteiger partial charge is 0.216 e. The Bertz CT molecular complexity index is 1680. The number of pyridine rings is 2. The van der Waals surface area contributed by atoms with Crippen molar-refractivity contribution in [1.29, 1.82) is 0 Å². The first kappa shape index (κ1) is 32.7. The van der Waals surface area contributed by atoms with Gasteiger partial charge in [-0.15, -0.1) is 29.5 Å². The molecule has 0 atom stereocenters. The van der Waals surface area contributed by atoms with Crippen LogP contribution in [0.4, 0.5) is 0 Å². The van der Waals surface area contributed by atoms with Gasteiger partial charge in [-0.25, -0.2) is 4.98 Å². The third-order valence-corrected chi connectivity index (χ3v) is 9.08. The molecule has 0 spiro atoms. The predicted molar refractivity (Wildman–Crippen MR) is 167 cm³/mol. The molecule has 4 heterocycles. The first-order valence-corrected chi connectivity index (χ1v) is 15.0. The fourth-order valence-electron chi connectivity index (χ4n) is 5.11. The molecule has 0 aliphatic carbocycles. The quantitative estimate of drug-likeness (QED) is 0.0972. The van der Waals surface area contributed by atoms with Crippen LogP contribution in [-0.2, 0) is 24.9 Å². The Labute approximate surface area is 260 Å². The van der Waals surface area contributed by atoms with Gasteiger partial charge in [0.05, 0.1) is 11.3 Å². The molecule has 0 fully saturated rings. The number of ketones is 1. The molecule has 5 rings (SSSR count). The molecule has 0 saturated carbocycles. The molecule has 0 aliphatic heterocycles. The van der Waals surface area contributed by atoms with Crippen LogP contribution in [0.2, 0.25) is 0 Å². The third-order valence-electron chi connectivity index (χ3n) is 7.85. The van der Waals surface area contributed by atoms with Crippen molar-refractivity contribution < 1.29 is 34.4 Å². The van der Waals surface area contributed by atoms with E-state index in [-0.39, 0.29) is 43.5 Å². The summed E-state index contributed by atoms with van der Waals surface area (Å²) in [6.45, 7) is 14.4. The molecule has 0 aliphatic rings. The number of aromatic nitrogens is 2. The van der Waals surface area contributed by atoms with Crippen molar-refractivity contribution in [1.82, 2.24) is 9.97 Å².